The van der Waals surface area contributed by atoms with Crippen LogP contribution in [0.2, 0.25) is 0 Å². The second-order valence-corrected chi connectivity index (χ2v) is 13.9. The van der Waals surface area contributed by atoms with E-state index in [0.29, 0.717) is 16.9 Å². The minimum atomic E-state index is -6.72. The second-order valence-electron chi connectivity index (χ2n) is 10.5. The fourth-order valence-corrected chi connectivity index (χ4v) is 6.34. The van der Waals surface area contributed by atoms with Crippen molar-refractivity contribution < 1.29 is 57.6 Å². The SMILES string of the molecule is COCc1cc(C(C)(C)C)cc(COC)c1OC1CCN(S(=O)(=O)C(F)(F)C(C)(F)C(F)(F)S(=O)(=O)O)CC1. The molecule has 0 aromatic heterocycles. The van der Waals surface area contributed by atoms with Crippen molar-refractivity contribution in [2.75, 3.05) is 27.3 Å². The van der Waals surface area contributed by atoms with Gasteiger partial charge in [0.1, 0.15) is 11.9 Å². The highest BCUT2D eigenvalue weighted by atomic mass is 32.2. The van der Waals surface area contributed by atoms with Gasteiger partial charge in [-0.2, -0.15) is 30.3 Å². The average molecular weight is 612 g/mol. The molecule has 39 heavy (non-hydrogen) atoms. The van der Waals surface area contributed by atoms with Crippen LogP contribution in [0.3, 0.4) is 0 Å². The highest BCUT2D eigenvalue weighted by Gasteiger charge is 2.78. The zero-order chi connectivity index (χ0) is 30.2. The number of benzene rings is 1. The summed E-state index contributed by atoms with van der Waals surface area (Å²) in [6.07, 6.45) is -1.05. The van der Waals surface area contributed by atoms with Crippen LogP contribution in [0.25, 0.3) is 0 Å². The first kappa shape index (κ1) is 33.6. The van der Waals surface area contributed by atoms with Crippen molar-refractivity contribution in [1.29, 1.82) is 0 Å². The summed E-state index contributed by atoms with van der Waals surface area (Å²) < 4.78 is 144. The maximum absolute atomic E-state index is 14.7. The number of rotatable bonds is 11. The molecule has 0 bridgehead atoms. The van der Waals surface area contributed by atoms with E-state index >= 15 is 0 Å². The van der Waals surface area contributed by atoms with Crippen molar-refractivity contribution in [3.05, 3.63) is 28.8 Å². The van der Waals surface area contributed by atoms with Gasteiger partial charge >= 0.3 is 20.6 Å². The summed E-state index contributed by atoms with van der Waals surface area (Å²) in [7, 11) is -9.89. The molecule has 1 N–H and O–H groups in total. The quantitative estimate of drug-likeness (QED) is 0.292. The van der Waals surface area contributed by atoms with Gasteiger partial charge in [0.2, 0.25) is 0 Å². The van der Waals surface area contributed by atoms with E-state index in [2.05, 4.69) is 0 Å². The van der Waals surface area contributed by atoms with Gasteiger partial charge in [-0.25, -0.2) is 12.8 Å². The second kappa shape index (κ2) is 11.4. The molecule has 1 heterocycles. The van der Waals surface area contributed by atoms with Crippen LogP contribution in [0.5, 0.6) is 5.75 Å². The first-order valence-corrected chi connectivity index (χ1v) is 14.7. The van der Waals surface area contributed by atoms with E-state index in [1.54, 1.807) is 0 Å². The number of nitrogens with zero attached hydrogens (tertiary/aromatic N) is 1. The molecule has 226 valence electrons. The van der Waals surface area contributed by atoms with Gasteiger partial charge in [0.05, 0.1) is 13.2 Å². The Bertz CT molecular complexity index is 1210. The molecule has 2 rings (SSSR count). The Morgan fingerprint density at radius 1 is 0.872 bits per heavy atom. The Morgan fingerprint density at radius 2 is 1.31 bits per heavy atom. The lowest BCUT2D eigenvalue weighted by Gasteiger charge is -2.38. The summed E-state index contributed by atoms with van der Waals surface area (Å²) in [6.45, 7) is 4.44. The predicted octanol–water partition coefficient (Wildman–Crippen LogP) is 4.25. The minimum Gasteiger partial charge on any atom is -0.490 e. The number of ether oxygens (including phenoxy) is 3. The molecule has 0 saturated carbocycles. The lowest BCUT2D eigenvalue weighted by molar-refractivity contribution is -0.166. The molecule has 0 amide bonds. The van der Waals surface area contributed by atoms with E-state index in [1.807, 2.05) is 32.9 Å². The highest BCUT2D eigenvalue weighted by molar-refractivity contribution is 7.90. The maximum Gasteiger partial charge on any atom is 0.409 e. The number of hydrogen-bond donors (Lipinski definition) is 1. The molecule has 16 heteroatoms. The van der Waals surface area contributed by atoms with Gasteiger partial charge in [-0.3, -0.25) is 4.55 Å². The van der Waals surface area contributed by atoms with Crippen molar-refractivity contribution in [2.24, 2.45) is 0 Å². The fourth-order valence-electron chi connectivity index (χ4n) is 4.04. The van der Waals surface area contributed by atoms with Crippen LogP contribution in [0, 0.1) is 0 Å². The molecule has 9 nitrogen and oxygen atoms in total. The summed E-state index contributed by atoms with van der Waals surface area (Å²) in [5.74, 6) is 0.405. The van der Waals surface area contributed by atoms with Crippen molar-refractivity contribution in [3.63, 3.8) is 0 Å². The van der Waals surface area contributed by atoms with E-state index in [-0.39, 0.29) is 35.8 Å². The zero-order valence-electron chi connectivity index (χ0n) is 22.4. The zero-order valence-corrected chi connectivity index (χ0v) is 24.1. The Morgan fingerprint density at radius 3 is 1.67 bits per heavy atom. The van der Waals surface area contributed by atoms with Crippen molar-refractivity contribution >= 4 is 20.1 Å². The topological polar surface area (TPSA) is 119 Å². The predicted molar refractivity (Wildman–Crippen MR) is 132 cm³/mol. The molecular weight excluding hydrogens is 577 g/mol. The third-order valence-electron chi connectivity index (χ3n) is 6.47. The summed E-state index contributed by atoms with van der Waals surface area (Å²) >= 11 is 0. The van der Waals surface area contributed by atoms with Crippen LogP contribution in [-0.4, -0.2) is 75.3 Å². The monoisotopic (exact) mass is 611 g/mol. The van der Waals surface area contributed by atoms with Crippen molar-refractivity contribution in [2.45, 2.75) is 81.4 Å². The van der Waals surface area contributed by atoms with E-state index in [1.165, 1.54) is 14.2 Å². The summed E-state index contributed by atoms with van der Waals surface area (Å²) in [6, 6.07) is 3.77. The standard InChI is InChI=1S/C23H34F5NO8S2/c1-20(2,3)17-11-15(13-35-5)19(16(12-17)14-36-6)37-18-7-9-29(10-8-18)38(30,31)22(25,26)21(4,24)23(27,28)39(32,33)34/h11-12,18H,7-10,13-14H2,1-6H3,(H,32,33,34). The average Bonchev–Trinajstić information content (AvgIpc) is 2.79. The third kappa shape index (κ3) is 6.35. The van der Waals surface area contributed by atoms with Gasteiger partial charge in [0.15, 0.2) is 0 Å². The summed E-state index contributed by atoms with van der Waals surface area (Å²) in [4.78, 5) is 0. The Hall–Kier alpha value is -1.59. The third-order valence-corrected chi connectivity index (χ3v) is 9.58. The number of piperidine rings is 1. The molecule has 1 aliphatic heterocycles. The summed E-state index contributed by atoms with van der Waals surface area (Å²) in [5.41, 5.74) is -3.42. The normalized spacial score (nSPS) is 18.7. The molecule has 0 radical (unpaired) electrons. The Balaban J connectivity index is 2.32. The van der Waals surface area contributed by atoms with Gasteiger partial charge in [-0.15, -0.1) is 0 Å². The van der Waals surface area contributed by atoms with Gasteiger partial charge in [0.25, 0.3) is 15.7 Å². The first-order valence-electron chi connectivity index (χ1n) is 11.8. The number of halogens is 5. The largest absolute Gasteiger partial charge is 0.490 e. The molecule has 1 saturated heterocycles. The molecule has 1 aromatic rings. The summed E-state index contributed by atoms with van der Waals surface area (Å²) in [5, 5.41) is -12.0. The number of hydrogen-bond acceptors (Lipinski definition) is 7. The smallest absolute Gasteiger partial charge is 0.409 e. The first-order chi connectivity index (χ1) is 17.6. The van der Waals surface area contributed by atoms with E-state index in [0.717, 1.165) is 5.56 Å². The van der Waals surface area contributed by atoms with Gasteiger partial charge in [-0.1, -0.05) is 20.8 Å². The van der Waals surface area contributed by atoms with Gasteiger partial charge in [-0.05, 0) is 42.9 Å². The van der Waals surface area contributed by atoms with E-state index < -0.39 is 62.4 Å². The van der Waals surface area contributed by atoms with Crippen LogP contribution >= 0.6 is 0 Å². The lowest BCUT2D eigenvalue weighted by Crippen LogP contribution is -2.64. The molecule has 0 spiro atoms. The molecule has 0 aliphatic carbocycles. The molecule has 1 aromatic carbocycles. The number of sulfonamides is 1. The van der Waals surface area contributed by atoms with Crippen LogP contribution < -0.4 is 4.74 Å². The molecular formula is C23H34F5NO8S2. The van der Waals surface area contributed by atoms with Gasteiger partial charge in [0, 0.05) is 38.4 Å². The Kier molecular flexibility index (Phi) is 9.79. The van der Waals surface area contributed by atoms with Crippen LogP contribution in [-0.2, 0) is 48.2 Å². The Labute approximate surface area is 225 Å². The minimum absolute atomic E-state index is 0.0968. The van der Waals surface area contributed by atoms with Crippen molar-refractivity contribution in [1.82, 2.24) is 4.31 Å². The molecule has 1 fully saturated rings. The highest BCUT2D eigenvalue weighted by Crippen LogP contribution is 2.50. The molecule has 1 unspecified atom stereocenters. The lowest BCUT2D eigenvalue weighted by atomic mass is 9.84. The molecule has 1 atom stereocenters. The van der Waals surface area contributed by atoms with Crippen LogP contribution in [0.4, 0.5) is 22.0 Å². The fraction of sp³-hybridized carbons (Fsp3) is 0.739. The number of methoxy groups -OCH3 is 2. The van der Waals surface area contributed by atoms with Gasteiger partial charge < -0.3 is 14.2 Å². The van der Waals surface area contributed by atoms with Crippen molar-refractivity contribution in [3.8, 4) is 5.75 Å². The maximum atomic E-state index is 14.7. The van der Waals surface area contributed by atoms with Crippen LogP contribution in [0.1, 0.15) is 57.2 Å². The van der Waals surface area contributed by atoms with Crippen LogP contribution in [0.15, 0.2) is 12.1 Å². The molecule has 1 aliphatic rings. The van der Waals surface area contributed by atoms with E-state index in [4.69, 9.17) is 18.8 Å². The number of alkyl halides is 5. The van der Waals surface area contributed by atoms with E-state index in [9.17, 15) is 38.8 Å².